The molecule has 1 aliphatic carbocycles. The van der Waals surface area contributed by atoms with Crippen LogP contribution in [0.5, 0.6) is 0 Å². The second-order valence-corrected chi connectivity index (χ2v) is 9.92. The van der Waals surface area contributed by atoms with Gasteiger partial charge in [0.05, 0.1) is 11.2 Å². The van der Waals surface area contributed by atoms with E-state index in [0.717, 1.165) is 12.1 Å². The Bertz CT molecular complexity index is 1290. The van der Waals surface area contributed by atoms with E-state index in [0.29, 0.717) is 24.0 Å². The van der Waals surface area contributed by atoms with Crippen molar-refractivity contribution in [2.75, 3.05) is 0 Å². The average Bonchev–Trinajstić information content (AvgIpc) is 2.90. The molecule has 0 radical (unpaired) electrons. The van der Waals surface area contributed by atoms with Crippen molar-refractivity contribution in [3.63, 3.8) is 0 Å². The minimum Gasteiger partial charge on any atom is -0.284 e. The molecule has 0 heterocycles. The molecule has 39 heavy (non-hydrogen) atoms. The van der Waals surface area contributed by atoms with Crippen molar-refractivity contribution >= 4 is 0 Å². The van der Waals surface area contributed by atoms with E-state index in [-0.39, 0.29) is 25.7 Å². The van der Waals surface area contributed by atoms with Crippen LogP contribution in [0.1, 0.15) is 63.9 Å². The minimum absolute atomic E-state index is 0.191. The van der Waals surface area contributed by atoms with Gasteiger partial charge in [0, 0.05) is 17.0 Å². The fraction of sp³-hybridized carbons (Fsp3) is 0.400. The Morgan fingerprint density at radius 2 is 1.49 bits per heavy atom. The van der Waals surface area contributed by atoms with Gasteiger partial charge in [0.1, 0.15) is 5.82 Å². The second-order valence-electron chi connectivity index (χ2n) is 9.92. The Hall–Kier alpha value is -2.94. The Kier molecular flexibility index (Phi) is 8.40. The van der Waals surface area contributed by atoms with Gasteiger partial charge in [0.2, 0.25) is 0 Å². The fourth-order valence-corrected chi connectivity index (χ4v) is 6.18. The number of halogens is 8. The third-order valence-corrected chi connectivity index (χ3v) is 7.85. The van der Waals surface area contributed by atoms with Crippen LogP contribution in [0.2, 0.25) is 0 Å². The van der Waals surface area contributed by atoms with Gasteiger partial charge in [-0.1, -0.05) is 75.6 Å². The summed E-state index contributed by atoms with van der Waals surface area (Å²) in [7, 11) is 0. The molecule has 3 aromatic rings. The van der Waals surface area contributed by atoms with Crippen molar-refractivity contribution in [1.82, 2.24) is 0 Å². The highest BCUT2D eigenvalue weighted by Crippen LogP contribution is 2.53. The first-order valence-electron chi connectivity index (χ1n) is 12.9. The van der Waals surface area contributed by atoms with Crippen molar-refractivity contribution in [1.29, 1.82) is 0 Å². The van der Waals surface area contributed by atoms with E-state index >= 15 is 22.0 Å². The summed E-state index contributed by atoms with van der Waals surface area (Å²) in [5.74, 6) is -11.0. The number of hydrogen-bond acceptors (Lipinski definition) is 1. The molecular formula is C30H28F8O. The summed E-state index contributed by atoms with van der Waals surface area (Å²) in [5, 5.41) is 0. The standard InChI is InChI=1S/C30H28F8O/c1-3-19-12-8-9-15-29(19,39-30(36,37)38)21(4-2)24-27(34)25(32)23(26(33)28(24)35)20-14-13-18(16-22(20)31)17-10-6-5-7-11-17/h5-7,10-11,13-14,16,19,21H,3-4,8-9,12,15H2,1-2H3. The number of benzene rings is 3. The molecule has 1 saturated carbocycles. The van der Waals surface area contributed by atoms with E-state index in [2.05, 4.69) is 4.74 Å². The summed E-state index contributed by atoms with van der Waals surface area (Å²) in [6.45, 7) is 3.02. The first-order valence-corrected chi connectivity index (χ1v) is 12.9. The average molecular weight is 557 g/mol. The molecule has 4 rings (SSSR count). The van der Waals surface area contributed by atoms with E-state index < -0.39 is 69.6 Å². The highest BCUT2D eigenvalue weighted by Gasteiger charge is 2.55. The Labute approximate surface area is 221 Å². The fourth-order valence-electron chi connectivity index (χ4n) is 6.18. The third-order valence-electron chi connectivity index (χ3n) is 7.85. The van der Waals surface area contributed by atoms with E-state index in [4.69, 9.17) is 0 Å². The lowest BCUT2D eigenvalue weighted by Gasteiger charge is -2.49. The van der Waals surface area contributed by atoms with Gasteiger partial charge in [0.25, 0.3) is 0 Å². The molecule has 3 aromatic carbocycles. The number of rotatable bonds is 7. The molecule has 0 saturated heterocycles. The molecule has 1 aliphatic rings. The molecule has 1 nitrogen and oxygen atoms in total. The Morgan fingerprint density at radius 3 is 2.03 bits per heavy atom. The maximum absolute atomic E-state index is 15.6. The van der Waals surface area contributed by atoms with Crippen molar-refractivity contribution in [2.45, 2.75) is 70.3 Å². The summed E-state index contributed by atoms with van der Waals surface area (Å²) < 4.78 is 123. The highest BCUT2D eigenvalue weighted by molar-refractivity contribution is 5.72. The summed E-state index contributed by atoms with van der Waals surface area (Å²) >= 11 is 0. The van der Waals surface area contributed by atoms with Gasteiger partial charge < -0.3 is 0 Å². The molecule has 9 heteroatoms. The lowest BCUT2D eigenvalue weighted by Crippen LogP contribution is -2.51. The molecule has 1 fully saturated rings. The maximum atomic E-state index is 15.6. The van der Waals surface area contributed by atoms with Gasteiger partial charge in [-0.2, -0.15) is 0 Å². The topological polar surface area (TPSA) is 9.23 Å². The van der Waals surface area contributed by atoms with Crippen LogP contribution in [-0.2, 0) is 4.74 Å². The van der Waals surface area contributed by atoms with E-state index in [1.54, 1.807) is 37.3 Å². The van der Waals surface area contributed by atoms with Gasteiger partial charge in [-0.05, 0) is 42.4 Å². The van der Waals surface area contributed by atoms with Gasteiger partial charge in [-0.25, -0.2) is 22.0 Å². The summed E-state index contributed by atoms with van der Waals surface area (Å²) in [6.07, 6.45) is -4.24. The number of ether oxygens (including phenoxy) is 1. The summed E-state index contributed by atoms with van der Waals surface area (Å²) in [6, 6.07) is 11.9. The Balaban J connectivity index is 1.88. The van der Waals surface area contributed by atoms with Crippen LogP contribution in [0.25, 0.3) is 22.3 Å². The number of hydrogen-bond donors (Lipinski definition) is 0. The summed E-state index contributed by atoms with van der Waals surface area (Å²) in [4.78, 5) is 0. The van der Waals surface area contributed by atoms with Crippen molar-refractivity contribution < 1.29 is 39.9 Å². The molecule has 0 spiro atoms. The maximum Gasteiger partial charge on any atom is 0.523 e. The molecule has 0 bridgehead atoms. The highest BCUT2D eigenvalue weighted by atomic mass is 19.4. The Morgan fingerprint density at radius 1 is 0.846 bits per heavy atom. The van der Waals surface area contributed by atoms with E-state index in [9.17, 15) is 13.2 Å². The monoisotopic (exact) mass is 556 g/mol. The molecule has 0 N–H and O–H groups in total. The van der Waals surface area contributed by atoms with Crippen molar-refractivity contribution in [3.05, 3.63) is 83.2 Å². The van der Waals surface area contributed by atoms with Crippen LogP contribution < -0.4 is 0 Å². The molecular weight excluding hydrogens is 528 g/mol. The van der Waals surface area contributed by atoms with Crippen LogP contribution >= 0.6 is 0 Å². The second kappa shape index (κ2) is 11.3. The molecule has 3 unspecified atom stereocenters. The first-order chi connectivity index (χ1) is 18.4. The zero-order valence-electron chi connectivity index (χ0n) is 21.4. The van der Waals surface area contributed by atoms with Crippen molar-refractivity contribution in [3.8, 4) is 22.3 Å². The predicted octanol–water partition coefficient (Wildman–Crippen LogP) is 10.1. The van der Waals surface area contributed by atoms with Crippen LogP contribution in [0.15, 0.2) is 48.5 Å². The zero-order chi connectivity index (χ0) is 28.5. The van der Waals surface area contributed by atoms with Crippen LogP contribution in [0.3, 0.4) is 0 Å². The normalized spacial score (nSPS) is 20.7. The predicted molar refractivity (Wildman–Crippen MR) is 132 cm³/mol. The van der Waals surface area contributed by atoms with Gasteiger partial charge in [-0.3, -0.25) is 4.74 Å². The molecule has 3 atom stereocenters. The van der Waals surface area contributed by atoms with Gasteiger partial charge in [0.15, 0.2) is 23.3 Å². The first kappa shape index (κ1) is 29.1. The van der Waals surface area contributed by atoms with Gasteiger partial charge >= 0.3 is 6.36 Å². The van der Waals surface area contributed by atoms with Crippen LogP contribution in [0.4, 0.5) is 35.1 Å². The van der Waals surface area contributed by atoms with Crippen LogP contribution in [0, 0.1) is 35.0 Å². The van der Waals surface area contributed by atoms with Gasteiger partial charge in [-0.15, -0.1) is 13.2 Å². The van der Waals surface area contributed by atoms with E-state index in [1.165, 1.54) is 13.0 Å². The van der Waals surface area contributed by atoms with E-state index in [1.807, 2.05) is 0 Å². The third kappa shape index (κ3) is 5.42. The quantitative estimate of drug-likeness (QED) is 0.208. The van der Waals surface area contributed by atoms with Crippen LogP contribution in [-0.4, -0.2) is 12.0 Å². The molecule has 0 amide bonds. The van der Waals surface area contributed by atoms with Crippen molar-refractivity contribution in [2.24, 2.45) is 5.92 Å². The lowest BCUT2D eigenvalue weighted by atomic mass is 9.64. The SMILES string of the molecule is CCC1CCCCC1(OC(F)(F)F)C(CC)c1c(F)c(F)c(-c2ccc(-c3ccccc3)cc2F)c(F)c1F. The zero-order valence-corrected chi connectivity index (χ0v) is 21.4. The number of alkyl halides is 3. The molecule has 0 aliphatic heterocycles. The largest absolute Gasteiger partial charge is 0.523 e. The minimum atomic E-state index is -5.15. The smallest absolute Gasteiger partial charge is 0.284 e. The summed E-state index contributed by atoms with van der Waals surface area (Å²) in [5.41, 5.74) is -4.27. The lowest BCUT2D eigenvalue weighted by molar-refractivity contribution is -0.384. The molecule has 210 valence electrons. The molecule has 0 aromatic heterocycles.